The summed E-state index contributed by atoms with van der Waals surface area (Å²) in [5.41, 5.74) is 1.25. The van der Waals surface area contributed by atoms with Crippen LogP contribution < -0.4 is 10.6 Å². The zero-order valence-electron chi connectivity index (χ0n) is 12.3. The van der Waals surface area contributed by atoms with E-state index in [-0.39, 0.29) is 0 Å². The zero-order chi connectivity index (χ0) is 14.8. The van der Waals surface area contributed by atoms with Crippen molar-refractivity contribution in [3.63, 3.8) is 0 Å². The minimum Gasteiger partial charge on any atom is -0.357 e. The lowest BCUT2D eigenvalue weighted by atomic mass is 10.3. The van der Waals surface area contributed by atoms with Crippen LogP contribution in [0.4, 0.5) is 0 Å². The van der Waals surface area contributed by atoms with Gasteiger partial charge in [0.25, 0.3) is 0 Å². The van der Waals surface area contributed by atoms with E-state index >= 15 is 0 Å². The molecule has 0 fully saturated rings. The van der Waals surface area contributed by atoms with Crippen molar-refractivity contribution in [1.29, 1.82) is 0 Å². The number of aliphatic imine (C=N–C) groups is 1. The van der Waals surface area contributed by atoms with Crippen LogP contribution in [0.3, 0.4) is 0 Å². The lowest BCUT2D eigenvalue weighted by Gasteiger charge is -2.11. The summed E-state index contributed by atoms with van der Waals surface area (Å²) < 4.78 is 2.00. The van der Waals surface area contributed by atoms with E-state index in [0.717, 1.165) is 45.0 Å². The SMILES string of the molecule is CCNC(=NCc1ccsc1)NCCCCn1cnnc1. The Kier molecular flexibility index (Phi) is 6.73. The first-order valence-electron chi connectivity index (χ1n) is 7.24. The third-order valence-electron chi connectivity index (χ3n) is 2.95. The number of unbranched alkanes of at least 4 members (excludes halogenated alkanes) is 1. The fourth-order valence-electron chi connectivity index (χ4n) is 1.86. The first kappa shape index (κ1) is 15.5. The second-order valence-corrected chi connectivity index (χ2v) is 5.44. The molecule has 2 aromatic heterocycles. The highest BCUT2D eigenvalue weighted by Crippen LogP contribution is 2.06. The van der Waals surface area contributed by atoms with Crippen molar-refractivity contribution in [2.24, 2.45) is 4.99 Å². The van der Waals surface area contributed by atoms with E-state index in [2.05, 4.69) is 49.6 Å². The number of hydrogen-bond donors (Lipinski definition) is 2. The second kappa shape index (κ2) is 9.12. The van der Waals surface area contributed by atoms with Gasteiger partial charge in [-0.05, 0) is 42.2 Å². The van der Waals surface area contributed by atoms with Gasteiger partial charge in [0.05, 0.1) is 6.54 Å². The summed E-state index contributed by atoms with van der Waals surface area (Å²) >= 11 is 1.71. The van der Waals surface area contributed by atoms with Gasteiger partial charge in [-0.15, -0.1) is 10.2 Å². The molecule has 0 aliphatic rings. The molecule has 2 heterocycles. The maximum absolute atomic E-state index is 4.58. The van der Waals surface area contributed by atoms with Crippen LogP contribution in [0.5, 0.6) is 0 Å². The van der Waals surface area contributed by atoms with Crippen LogP contribution in [-0.2, 0) is 13.1 Å². The molecule has 2 N–H and O–H groups in total. The number of aryl methyl sites for hydroxylation is 1. The van der Waals surface area contributed by atoms with Gasteiger partial charge in [-0.25, -0.2) is 4.99 Å². The molecule has 0 amide bonds. The van der Waals surface area contributed by atoms with Crippen molar-refractivity contribution in [3.8, 4) is 0 Å². The van der Waals surface area contributed by atoms with Crippen LogP contribution in [0, 0.1) is 0 Å². The summed E-state index contributed by atoms with van der Waals surface area (Å²) in [5, 5.41) is 18.4. The minimum atomic E-state index is 0.722. The molecule has 0 aromatic carbocycles. The van der Waals surface area contributed by atoms with Crippen LogP contribution in [0.15, 0.2) is 34.5 Å². The van der Waals surface area contributed by atoms with Crippen molar-refractivity contribution in [2.75, 3.05) is 13.1 Å². The van der Waals surface area contributed by atoms with Crippen molar-refractivity contribution < 1.29 is 0 Å². The molecule has 0 saturated carbocycles. The van der Waals surface area contributed by atoms with Gasteiger partial charge in [0.15, 0.2) is 5.96 Å². The van der Waals surface area contributed by atoms with Crippen LogP contribution in [-0.4, -0.2) is 33.8 Å². The van der Waals surface area contributed by atoms with E-state index in [1.165, 1.54) is 5.56 Å². The monoisotopic (exact) mass is 306 g/mol. The second-order valence-electron chi connectivity index (χ2n) is 4.66. The van der Waals surface area contributed by atoms with E-state index in [1.54, 1.807) is 24.0 Å². The standard InChI is InChI=1S/C14H22N6S/c1-2-15-14(17-9-13-5-8-21-10-13)16-6-3-4-7-20-11-18-19-12-20/h5,8,10-12H,2-4,6-7,9H2,1H3,(H2,15,16,17). The Morgan fingerprint density at radius 2 is 2.14 bits per heavy atom. The molecule has 7 heteroatoms. The van der Waals surface area contributed by atoms with Gasteiger partial charge in [0.1, 0.15) is 12.7 Å². The Hall–Kier alpha value is -1.89. The highest BCUT2D eigenvalue weighted by Gasteiger charge is 1.98. The molecule has 0 atom stereocenters. The topological polar surface area (TPSA) is 67.1 Å². The molecule has 0 aliphatic carbocycles. The molecular formula is C14H22N6S. The van der Waals surface area contributed by atoms with E-state index in [4.69, 9.17) is 0 Å². The van der Waals surface area contributed by atoms with Gasteiger partial charge < -0.3 is 15.2 Å². The summed E-state index contributed by atoms with van der Waals surface area (Å²) in [6.45, 7) is 5.54. The number of aromatic nitrogens is 3. The lowest BCUT2D eigenvalue weighted by Crippen LogP contribution is -2.37. The zero-order valence-corrected chi connectivity index (χ0v) is 13.1. The van der Waals surface area contributed by atoms with E-state index in [0.29, 0.717) is 0 Å². The van der Waals surface area contributed by atoms with E-state index in [9.17, 15) is 0 Å². The molecule has 0 bridgehead atoms. The number of thiophene rings is 1. The molecule has 114 valence electrons. The van der Waals surface area contributed by atoms with Crippen molar-refractivity contribution >= 4 is 17.3 Å². The van der Waals surface area contributed by atoms with Crippen LogP contribution in [0.1, 0.15) is 25.3 Å². The number of nitrogens with one attached hydrogen (secondary N) is 2. The average molecular weight is 306 g/mol. The molecule has 0 aliphatic heterocycles. The third-order valence-corrected chi connectivity index (χ3v) is 3.68. The highest BCUT2D eigenvalue weighted by atomic mass is 32.1. The van der Waals surface area contributed by atoms with Crippen molar-refractivity contribution in [1.82, 2.24) is 25.4 Å². The van der Waals surface area contributed by atoms with Crippen molar-refractivity contribution in [3.05, 3.63) is 35.0 Å². The Morgan fingerprint density at radius 1 is 1.29 bits per heavy atom. The molecular weight excluding hydrogens is 284 g/mol. The normalized spacial score (nSPS) is 11.6. The number of rotatable bonds is 8. The summed E-state index contributed by atoms with van der Waals surface area (Å²) in [5.74, 6) is 0.882. The summed E-state index contributed by atoms with van der Waals surface area (Å²) in [7, 11) is 0. The number of guanidine groups is 1. The number of hydrogen-bond acceptors (Lipinski definition) is 4. The molecule has 2 rings (SSSR count). The fraction of sp³-hybridized carbons (Fsp3) is 0.500. The highest BCUT2D eigenvalue weighted by molar-refractivity contribution is 7.07. The van der Waals surface area contributed by atoms with Gasteiger partial charge in [0, 0.05) is 19.6 Å². The largest absolute Gasteiger partial charge is 0.357 e. The van der Waals surface area contributed by atoms with Gasteiger partial charge in [-0.1, -0.05) is 0 Å². The van der Waals surface area contributed by atoms with Gasteiger partial charge in [-0.3, -0.25) is 0 Å². The van der Waals surface area contributed by atoms with Crippen LogP contribution in [0.2, 0.25) is 0 Å². The Morgan fingerprint density at radius 3 is 2.86 bits per heavy atom. The fourth-order valence-corrected chi connectivity index (χ4v) is 2.52. The van der Waals surface area contributed by atoms with Crippen LogP contribution in [0.25, 0.3) is 0 Å². The average Bonchev–Trinajstić information content (AvgIpc) is 3.17. The molecule has 0 spiro atoms. The smallest absolute Gasteiger partial charge is 0.191 e. The van der Waals surface area contributed by atoms with Crippen LogP contribution >= 0.6 is 11.3 Å². The minimum absolute atomic E-state index is 0.722. The molecule has 0 saturated heterocycles. The predicted octanol–water partition coefficient (Wildman–Crippen LogP) is 1.88. The quantitative estimate of drug-likeness (QED) is 0.444. The van der Waals surface area contributed by atoms with Gasteiger partial charge >= 0.3 is 0 Å². The summed E-state index contributed by atoms with van der Waals surface area (Å²) in [4.78, 5) is 4.58. The first-order chi connectivity index (χ1) is 10.4. The molecule has 2 aromatic rings. The van der Waals surface area contributed by atoms with E-state index < -0.39 is 0 Å². The maximum atomic E-state index is 4.58. The van der Waals surface area contributed by atoms with Gasteiger partial charge in [0.2, 0.25) is 0 Å². The third kappa shape index (κ3) is 5.95. The lowest BCUT2D eigenvalue weighted by molar-refractivity contribution is 0.598. The Balaban J connectivity index is 1.66. The molecule has 21 heavy (non-hydrogen) atoms. The Labute approximate surface area is 129 Å². The van der Waals surface area contributed by atoms with E-state index in [1.807, 2.05) is 4.57 Å². The summed E-state index contributed by atoms with van der Waals surface area (Å²) in [6.07, 6.45) is 5.68. The molecule has 0 radical (unpaired) electrons. The van der Waals surface area contributed by atoms with Gasteiger partial charge in [-0.2, -0.15) is 11.3 Å². The molecule has 0 unspecified atom stereocenters. The predicted molar refractivity (Wildman–Crippen MR) is 86.4 cm³/mol. The molecule has 6 nitrogen and oxygen atoms in total. The first-order valence-corrected chi connectivity index (χ1v) is 8.18. The maximum Gasteiger partial charge on any atom is 0.191 e. The Bertz CT molecular complexity index is 506. The van der Waals surface area contributed by atoms with Crippen molar-refractivity contribution in [2.45, 2.75) is 32.9 Å². The summed E-state index contributed by atoms with van der Waals surface area (Å²) in [6, 6.07) is 2.11. The number of nitrogens with zero attached hydrogens (tertiary/aromatic N) is 4.